The Morgan fingerprint density at radius 1 is 0.562 bits per heavy atom. The highest BCUT2D eigenvalue weighted by atomic mass is 16.5. The fraction of sp³-hybridized carbons (Fsp3) is 0.133. The molecule has 2 nitrogen and oxygen atoms in total. The molecule has 2 heterocycles. The van der Waals surface area contributed by atoms with Crippen molar-refractivity contribution in [3.63, 3.8) is 0 Å². The monoisotopic (exact) mass is 424 g/mol. The number of hydrogen-bond donors (Lipinski definition) is 0. The minimum atomic E-state index is 0.676. The third kappa shape index (κ3) is 4.92. The van der Waals surface area contributed by atoms with E-state index < -0.39 is 0 Å². The molecule has 2 rings (SSSR count). The fourth-order valence-corrected chi connectivity index (χ4v) is 3.69. The molecule has 32 heavy (non-hydrogen) atoms. The average molecular weight is 425 g/mol. The van der Waals surface area contributed by atoms with Crippen LogP contribution in [0.5, 0.6) is 0 Å². The van der Waals surface area contributed by atoms with Gasteiger partial charge in [-0.25, -0.2) is 0 Å². The quantitative estimate of drug-likeness (QED) is 0.364. The summed E-state index contributed by atoms with van der Waals surface area (Å²) in [6.45, 7) is 23.6. The van der Waals surface area contributed by atoms with Crippen molar-refractivity contribution in [2.75, 3.05) is 0 Å². The molecule has 0 aromatic rings. The van der Waals surface area contributed by atoms with E-state index in [0.29, 0.717) is 11.5 Å². The van der Waals surface area contributed by atoms with Crippen LogP contribution in [0.25, 0.3) is 0 Å². The Morgan fingerprint density at radius 3 is 1.31 bits per heavy atom. The Morgan fingerprint density at radius 2 is 0.969 bits per heavy atom. The van der Waals surface area contributed by atoms with E-state index in [0.717, 1.165) is 45.0 Å². The molecule has 0 spiro atoms. The van der Waals surface area contributed by atoms with E-state index in [1.165, 1.54) is 0 Å². The first-order valence-electron chi connectivity index (χ1n) is 10.6. The first-order valence-corrected chi connectivity index (χ1v) is 10.6. The first-order chi connectivity index (χ1) is 15.5. The molecule has 0 aromatic carbocycles. The maximum absolute atomic E-state index is 6.18. The van der Waals surface area contributed by atoms with Crippen LogP contribution in [0.3, 0.4) is 0 Å². The largest absolute Gasteiger partial charge is 0.465 e. The third-order valence-corrected chi connectivity index (χ3v) is 4.98. The maximum Gasteiger partial charge on any atom is 0.134 e. The second-order valence-electron chi connectivity index (χ2n) is 7.05. The highest BCUT2D eigenvalue weighted by Gasteiger charge is 2.30. The van der Waals surface area contributed by atoms with E-state index in [9.17, 15) is 0 Å². The first kappa shape index (κ1) is 24.5. The lowest BCUT2D eigenvalue weighted by molar-refractivity contribution is 0.297. The second kappa shape index (κ2) is 11.6. The van der Waals surface area contributed by atoms with Crippen LogP contribution >= 0.6 is 0 Å². The Labute approximate surface area is 193 Å². The zero-order valence-corrected chi connectivity index (χ0v) is 19.6. The smallest absolute Gasteiger partial charge is 0.134 e. The molecule has 0 fully saturated rings. The summed E-state index contributed by atoms with van der Waals surface area (Å²) < 4.78 is 12.3. The van der Waals surface area contributed by atoms with Crippen molar-refractivity contribution in [3.05, 3.63) is 156 Å². The minimum absolute atomic E-state index is 0.676. The van der Waals surface area contributed by atoms with Crippen molar-refractivity contribution in [3.8, 4) is 0 Å². The van der Waals surface area contributed by atoms with E-state index in [1.807, 2.05) is 76.3 Å². The van der Waals surface area contributed by atoms with Crippen LogP contribution in [-0.4, -0.2) is 0 Å². The molecule has 2 aliphatic rings. The third-order valence-electron chi connectivity index (χ3n) is 4.98. The minimum Gasteiger partial charge on any atom is -0.465 e. The molecule has 164 valence electrons. The molecule has 0 radical (unpaired) electrons. The number of hydrogen-bond acceptors (Lipinski definition) is 2. The van der Waals surface area contributed by atoms with Gasteiger partial charge in [0, 0.05) is 33.4 Å². The normalized spacial score (nSPS) is 17.9. The van der Waals surface area contributed by atoms with Gasteiger partial charge in [-0.15, -0.1) is 0 Å². The van der Waals surface area contributed by atoms with E-state index in [4.69, 9.17) is 9.47 Å². The predicted molar refractivity (Wildman–Crippen MR) is 137 cm³/mol. The lowest BCUT2D eigenvalue weighted by atomic mass is 9.80. The van der Waals surface area contributed by atoms with Gasteiger partial charge in [-0.2, -0.15) is 0 Å². The second-order valence-corrected chi connectivity index (χ2v) is 7.05. The van der Waals surface area contributed by atoms with Gasteiger partial charge in [0.15, 0.2) is 0 Å². The van der Waals surface area contributed by atoms with Crippen molar-refractivity contribution in [2.24, 2.45) is 0 Å². The number of rotatable bonds is 8. The fourth-order valence-electron chi connectivity index (χ4n) is 3.69. The zero-order chi connectivity index (χ0) is 23.7. The van der Waals surface area contributed by atoms with E-state index in [-0.39, 0.29) is 0 Å². The molecular formula is C30H32O2. The summed E-state index contributed by atoms with van der Waals surface area (Å²) in [6.07, 6.45) is 23.0. The van der Waals surface area contributed by atoms with Gasteiger partial charge in [-0.1, -0.05) is 87.1 Å². The molecule has 2 heteroatoms. The summed E-state index contributed by atoms with van der Waals surface area (Å²) in [5.41, 5.74) is 5.86. The molecule has 0 saturated heterocycles. The highest BCUT2D eigenvalue weighted by molar-refractivity contribution is 5.74. The standard InChI is InChI=1S/C30H32O2/c1-9-15-19-23-21(7)31-22(8)24(20-16-10-2)29(23)30-25(17-11-3)27(13-5)32-28(14-6)26(30)18-12-4/h9-20H,1-2,5-6H2,3-4,7-8H3/b17-11-,18-12-,19-15-,20-16-. The van der Waals surface area contributed by atoms with Crippen LogP contribution in [0.4, 0.5) is 0 Å². The summed E-state index contributed by atoms with van der Waals surface area (Å²) in [6, 6.07) is 0. The Hall–Kier alpha value is -3.78. The van der Waals surface area contributed by atoms with Crippen LogP contribution in [0.15, 0.2) is 156 Å². The van der Waals surface area contributed by atoms with Crippen LogP contribution in [0.2, 0.25) is 0 Å². The summed E-state index contributed by atoms with van der Waals surface area (Å²) in [4.78, 5) is 0. The summed E-state index contributed by atoms with van der Waals surface area (Å²) in [5.74, 6) is 2.97. The van der Waals surface area contributed by atoms with Gasteiger partial charge in [0.1, 0.15) is 23.0 Å². The van der Waals surface area contributed by atoms with Gasteiger partial charge < -0.3 is 9.47 Å². The molecule has 0 aromatic heterocycles. The molecular weight excluding hydrogens is 392 g/mol. The summed E-state index contributed by atoms with van der Waals surface area (Å²) >= 11 is 0. The van der Waals surface area contributed by atoms with Crippen LogP contribution in [-0.2, 0) is 9.47 Å². The highest BCUT2D eigenvalue weighted by Crippen LogP contribution is 2.45. The number of ether oxygens (including phenoxy) is 2. The molecule has 0 unspecified atom stereocenters. The molecule has 0 amide bonds. The Kier molecular flexibility index (Phi) is 8.85. The Bertz CT molecular complexity index is 1020. The van der Waals surface area contributed by atoms with E-state index in [2.05, 4.69) is 26.3 Å². The van der Waals surface area contributed by atoms with Gasteiger partial charge in [-0.3, -0.25) is 0 Å². The summed E-state index contributed by atoms with van der Waals surface area (Å²) in [7, 11) is 0. The SMILES string of the molecule is C=C/C=C\C1=C(C)OC(C)=C(/C=C\C=C)C1=C1C(/C=C\C)=C(C=C)OC(C=C)=C1/C=C\C. The molecule has 0 atom stereocenters. The van der Waals surface area contributed by atoms with Gasteiger partial charge in [0.05, 0.1) is 0 Å². The topological polar surface area (TPSA) is 18.5 Å². The molecule has 0 saturated carbocycles. The predicted octanol–water partition coefficient (Wildman–Crippen LogP) is 8.41. The maximum atomic E-state index is 6.18. The molecule has 0 bridgehead atoms. The number of allylic oxidation sites excluding steroid dienone is 20. The van der Waals surface area contributed by atoms with Crippen molar-refractivity contribution in [2.45, 2.75) is 27.7 Å². The van der Waals surface area contributed by atoms with Crippen molar-refractivity contribution in [1.82, 2.24) is 0 Å². The van der Waals surface area contributed by atoms with Gasteiger partial charge in [-0.05, 0) is 39.8 Å². The van der Waals surface area contributed by atoms with Crippen molar-refractivity contribution < 1.29 is 9.47 Å². The molecule has 0 N–H and O–H groups in total. The molecule has 2 aliphatic heterocycles. The molecule has 0 aliphatic carbocycles. The zero-order valence-electron chi connectivity index (χ0n) is 19.6. The van der Waals surface area contributed by atoms with Crippen LogP contribution < -0.4 is 0 Å². The lowest BCUT2D eigenvalue weighted by Crippen LogP contribution is -2.15. The summed E-state index contributed by atoms with van der Waals surface area (Å²) in [5, 5.41) is 0. The Balaban J connectivity index is 3.20. The van der Waals surface area contributed by atoms with E-state index >= 15 is 0 Å². The van der Waals surface area contributed by atoms with Gasteiger partial charge in [0.2, 0.25) is 0 Å². The lowest BCUT2D eigenvalue weighted by Gasteiger charge is -2.30. The van der Waals surface area contributed by atoms with Crippen LogP contribution in [0.1, 0.15) is 27.7 Å². The van der Waals surface area contributed by atoms with Crippen molar-refractivity contribution in [1.29, 1.82) is 0 Å². The van der Waals surface area contributed by atoms with Gasteiger partial charge >= 0.3 is 0 Å². The van der Waals surface area contributed by atoms with E-state index in [1.54, 1.807) is 24.3 Å². The average Bonchev–Trinajstić information content (AvgIpc) is 2.78. The van der Waals surface area contributed by atoms with Crippen LogP contribution in [0, 0.1) is 0 Å². The van der Waals surface area contributed by atoms with Gasteiger partial charge in [0.25, 0.3) is 0 Å². The van der Waals surface area contributed by atoms with Crippen molar-refractivity contribution >= 4 is 0 Å².